The van der Waals surface area contributed by atoms with Crippen molar-refractivity contribution < 1.29 is 23.9 Å². The van der Waals surface area contributed by atoms with Gasteiger partial charge in [0, 0.05) is 18.7 Å². The number of nitriles is 1. The quantitative estimate of drug-likeness (QED) is 0.200. The maximum atomic E-state index is 12.5. The van der Waals surface area contributed by atoms with Gasteiger partial charge >= 0.3 is 0 Å². The Balaban J connectivity index is 1.66. The highest BCUT2D eigenvalue weighted by molar-refractivity contribution is 6.01. The lowest BCUT2D eigenvalue weighted by Gasteiger charge is -2.12. The number of hydrogen-bond acceptors (Lipinski definition) is 7. The molecule has 0 atom stereocenters. The fourth-order valence-electron chi connectivity index (χ4n) is 3.10. The number of carbonyl (C=O) groups is 1. The summed E-state index contributed by atoms with van der Waals surface area (Å²) in [6.45, 7) is 0.446. The Morgan fingerprint density at radius 3 is 2.29 bits per heavy atom. The number of carbonyl (C=O) groups excluding carboxylic acids is 1. The lowest BCUT2D eigenvalue weighted by molar-refractivity contribution is -0.384. The summed E-state index contributed by atoms with van der Waals surface area (Å²) >= 11 is 0. The highest BCUT2D eigenvalue weighted by atomic mass is 16.6. The molecule has 178 valence electrons. The van der Waals surface area contributed by atoms with Gasteiger partial charge in [-0.05, 0) is 59.2 Å². The van der Waals surface area contributed by atoms with Crippen molar-refractivity contribution in [3.8, 4) is 23.3 Å². The maximum absolute atomic E-state index is 12.5. The third kappa shape index (κ3) is 6.82. The second-order valence-corrected chi connectivity index (χ2v) is 7.32. The molecule has 0 fully saturated rings. The third-order valence-corrected chi connectivity index (χ3v) is 5.02. The molecular formula is C26H23N3O6. The number of nitro benzene ring substituents is 1. The largest absolute Gasteiger partial charge is 0.497 e. The molecule has 0 saturated carbocycles. The molecule has 3 aromatic carbocycles. The number of benzene rings is 3. The van der Waals surface area contributed by atoms with Crippen LogP contribution in [0.2, 0.25) is 0 Å². The Hall–Kier alpha value is -4.84. The summed E-state index contributed by atoms with van der Waals surface area (Å²) < 4.78 is 16.3. The molecule has 0 spiro atoms. The van der Waals surface area contributed by atoms with Crippen molar-refractivity contribution in [2.45, 2.75) is 13.2 Å². The van der Waals surface area contributed by atoms with Crippen LogP contribution in [0.4, 0.5) is 5.69 Å². The maximum Gasteiger partial charge on any atom is 0.269 e. The van der Waals surface area contributed by atoms with Crippen molar-refractivity contribution in [3.63, 3.8) is 0 Å². The van der Waals surface area contributed by atoms with E-state index in [0.29, 0.717) is 22.8 Å². The Morgan fingerprint density at radius 2 is 1.69 bits per heavy atom. The zero-order chi connectivity index (χ0) is 25.2. The number of amides is 1. The van der Waals surface area contributed by atoms with Gasteiger partial charge in [0.25, 0.3) is 11.6 Å². The predicted molar refractivity (Wildman–Crippen MR) is 129 cm³/mol. The summed E-state index contributed by atoms with van der Waals surface area (Å²) in [5.41, 5.74) is 2.15. The highest BCUT2D eigenvalue weighted by Crippen LogP contribution is 2.30. The topological polar surface area (TPSA) is 124 Å². The van der Waals surface area contributed by atoms with E-state index in [0.717, 1.165) is 11.1 Å². The predicted octanol–water partition coefficient (Wildman–Crippen LogP) is 4.41. The Labute approximate surface area is 202 Å². The molecule has 0 saturated heterocycles. The number of nitro groups is 1. The smallest absolute Gasteiger partial charge is 0.269 e. The molecule has 0 heterocycles. The molecule has 0 aromatic heterocycles. The van der Waals surface area contributed by atoms with Crippen LogP contribution in [0.5, 0.6) is 17.2 Å². The molecule has 35 heavy (non-hydrogen) atoms. The Kier molecular flexibility index (Phi) is 8.40. The first-order valence-corrected chi connectivity index (χ1v) is 10.5. The van der Waals surface area contributed by atoms with Crippen LogP contribution in [0.15, 0.2) is 72.3 Å². The van der Waals surface area contributed by atoms with Crippen LogP contribution >= 0.6 is 0 Å². The van der Waals surface area contributed by atoms with Crippen molar-refractivity contribution >= 4 is 17.7 Å². The second kappa shape index (κ2) is 11.9. The van der Waals surface area contributed by atoms with Gasteiger partial charge in [-0.15, -0.1) is 0 Å². The van der Waals surface area contributed by atoms with Gasteiger partial charge in [0.1, 0.15) is 24.0 Å². The minimum absolute atomic E-state index is 0.00352. The molecule has 0 bridgehead atoms. The van der Waals surface area contributed by atoms with Gasteiger partial charge in [0.2, 0.25) is 0 Å². The molecule has 1 amide bonds. The Morgan fingerprint density at radius 1 is 1.00 bits per heavy atom. The van der Waals surface area contributed by atoms with Crippen LogP contribution in [0, 0.1) is 21.4 Å². The van der Waals surface area contributed by atoms with Crippen LogP contribution in [0.1, 0.15) is 16.7 Å². The van der Waals surface area contributed by atoms with Crippen LogP contribution in [0.25, 0.3) is 6.08 Å². The van der Waals surface area contributed by atoms with E-state index in [-0.39, 0.29) is 24.4 Å². The van der Waals surface area contributed by atoms with E-state index in [9.17, 15) is 20.2 Å². The first-order valence-electron chi connectivity index (χ1n) is 10.5. The van der Waals surface area contributed by atoms with Gasteiger partial charge < -0.3 is 19.5 Å². The Bertz CT molecular complexity index is 1260. The highest BCUT2D eigenvalue weighted by Gasteiger charge is 2.11. The van der Waals surface area contributed by atoms with Crippen molar-refractivity contribution in [3.05, 3.63) is 99.1 Å². The lowest BCUT2D eigenvalue weighted by atomic mass is 10.1. The zero-order valence-corrected chi connectivity index (χ0v) is 19.2. The van der Waals surface area contributed by atoms with Gasteiger partial charge in [-0.2, -0.15) is 5.26 Å². The SMILES string of the molecule is COc1ccc(CNC(=O)/C(C#N)=C\c2ccc(OCc3ccc([N+](=O)[O-])cc3)c(OC)c2)cc1. The third-order valence-electron chi connectivity index (χ3n) is 5.02. The van der Waals surface area contributed by atoms with E-state index < -0.39 is 10.8 Å². The van der Waals surface area contributed by atoms with Crippen LogP contribution < -0.4 is 19.5 Å². The molecule has 3 rings (SSSR count). The number of nitrogens with zero attached hydrogens (tertiary/aromatic N) is 2. The van der Waals surface area contributed by atoms with Gasteiger partial charge in [-0.1, -0.05) is 18.2 Å². The van der Waals surface area contributed by atoms with E-state index in [1.807, 2.05) is 18.2 Å². The number of methoxy groups -OCH3 is 2. The van der Waals surface area contributed by atoms with E-state index >= 15 is 0 Å². The van der Waals surface area contributed by atoms with E-state index in [2.05, 4.69) is 5.32 Å². The van der Waals surface area contributed by atoms with Crippen LogP contribution in [0.3, 0.4) is 0 Å². The molecule has 0 unspecified atom stereocenters. The minimum Gasteiger partial charge on any atom is -0.497 e. The van der Waals surface area contributed by atoms with E-state index in [1.165, 1.54) is 25.3 Å². The van der Waals surface area contributed by atoms with Gasteiger partial charge in [0.15, 0.2) is 11.5 Å². The van der Waals surface area contributed by atoms with Crippen LogP contribution in [-0.2, 0) is 17.9 Å². The fraction of sp³-hybridized carbons (Fsp3) is 0.154. The molecule has 9 heteroatoms. The standard InChI is InChI=1S/C26H23N3O6/c1-33-23-10-5-18(6-11-23)16-28-26(30)21(15-27)13-20-7-12-24(25(14-20)34-2)35-17-19-3-8-22(9-4-19)29(31)32/h3-14H,16-17H2,1-2H3,(H,28,30)/b21-13-. The van der Waals surface area contributed by atoms with Gasteiger partial charge in [-0.25, -0.2) is 0 Å². The van der Waals surface area contributed by atoms with Crippen molar-refractivity contribution in [2.75, 3.05) is 14.2 Å². The molecule has 0 radical (unpaired) electrons. The van der Waals surface area contributed by atoms with Gasteiger partial charge in [0.05, 0.1) is 19.1 Å². The average Bonchev–Trinajstić information content (AvgIpc) is 2.89. The summed E-state index contributed by atoms with van der Waals surface area (Å²) in [5.74, 6) is 1.08. The molecule has 0 aliphatic rings. The number of nitrogens with one attached hydrogen (secondary N) is 1. The lowest BCUT2D eigenvalue weighted by Crippen LogP contribution is -2.23. The number of non-ortho nitro benzene ring substituents is 1. The van der Waals surface area contributed by atoms with E-state index in [1.54, 1.807) is 49.6 Å². The first-order chi connectivity index (χ1) is 16.9. The number of ether oxygens (including phenoxy) is 3. The van der Waals surface area contributed by atoms with Crippen LogP contribution in [-0.4, -0.2) is 25.1 Å². The molecule has 3 aromatic rings. The minimum atomic E-state index is -0.499. The zero-order valence-electron chi connectivity index (χ0n) is 19.2. The van der Waals surface area contributed by atoms with Crippen molar-refractivity contribution in [1.82, 2.24) is 5.32 Å². The molecular weight excluding hydrogens is 450 g/mol. The summed E-state index contributed by atoms with van der Waals surface area (Å²) in [6, 6.07) is 20.2. The van der Waals surface area contributed by atoms with Gasteiger partial charge in [-0.3, -0.25) is 14.9 Å². The van der Waals surface area contributed by atoms with E-state index in [4.69, 9.17) is 14.2 Å². The summed E-state index contributed by atoms with van der Waals surface area (Å²) in [5, 5.41) is 23.0. The number of rotatable bonds is 10. The van der Waals surface area contributed by atoms with Crippen molar-refractivity contribution in [1.29, 1.82) is 5.26 Å². The monoisotopic (exact) mass is 473 g/mol. The normalized spacial score (nSPS) is 10.7. The summed E-state index contributed by atoms with van der Waals surface area (Å²) in [7, 11) is 3.06. The summed E-state index contributed by atoms with van der Waals surface area (Å²) in [6.07, 6.45) is 1.46. The molecule has 1 N–H and O–H groups in total. The van der Waals surface area contributed by atoms with Crippen molar-refractivity contribution in [2.24, 2.45) is 0 Å². The summed E-state index contributed by atoms with van der Waals surface area (Å²) in [4.78, 5) is 22.8. The second-order valence-electron chi connectivity index (χ2n) is 7.32. The molecule has 9 nitrogen and oxygen atoms in total. The first kappa shape index (κ1) is 24.8. The average molecular weight is 473 g/mol. The number of hydrogen-bond donors (Lipinski definition) is 1. The molecule has 0 aliphatic carbocycles. The molecule has 0 aliphatic heterocycles. The fourth-order valence-corrected chi connectivity index (χ4v) is 3.10.